The predicted octanol–water partition coefficient (Wildman–Crippen LogP) is 10.00. The summed E-state index contributed by atoms with van der Waals surface area (Å²) in [5.74, 6) is -1.16. The van der Waals surface area contributed by atoms with Crippen molar-refractivity contribution in [3.63, 3.8) is 0 Å². The van der Waals surface area contributed by atoms with Crippen LogP contribution in [0.1, 0.15) is 26.7 Å². The molecule has 0 saturated heterocycles. The summed E-state index contributed by atoms with van der Waals surface area (Å²) in [7, 11) is 0. The average molecular weight is 736 g/mol. The molecule has 1 aromatic heterocycles. The highest BCUT2D eigenvalue weighted by Crippen LogP contribution is 2.37. The number of thioether (sulfide) groups is 1. The van der Waals surface area contributed by atoms with Crippen molar-refractivity contribution >= 4 is 80.9 Å². The molecular formula is C39H28Cl2N4O3S2. The van der Waals surface area contributed by atoms with Crippen LogP contribution in [0.25, 0.3) is 17.3 Å². The van der Waals surface area contributed by atoms with Crippen LogP contribution in [0.4, 0.5) is 10.8 Å². The van der Waals surface area contributed by atoms with Gasteiger partial charge < -0.3 is 16.0 Å². The second-order valence-electron chi connectivity index (χ2n) is 10.9. The number of carbonyl (C=O) groups is 3. The van der Waals surface area contributed by atoms with Gasteiger partial charge in [-0.2, -0.15) is 0 Å². The smallest absolute Gasteiger partial charge is 0.272 e. The highest BCUT2D eigenvalue weighted by molar-refractivity contribution is 8.00. The number of hydrogen-bond donors (Lipinski definition) is 3. The van der Waals surface area contributed by atoms with E-state index < -0.39 is 17.1 Å². The number of halogens is 2. The summed E-state index contributed by atoms with van der Waals surface area (Å²) in [5.41, 5.74) is 4.07. The average Bonchev–Trinajstić information content (AvgIpc) is 3.60. The first kappa shape index (κ1) is 34.7. The van der Waals surface area contributed by atoms with E-state index in [1.54, 1.807) is 78.9 Å². The molecular weight excluding hydrogens is 707 g/mol. The molecule has 50 heavy (non-hydrogen) atoms. The number of benzene rings is 5. The van der Waals surface area contributed by atoms with Gasteiger partial charge in [-0.15, -0.1) is 23.1 Å². The maximum absolute atomic E-state index is 13.7. The molecule has 1 unspecified atom stereocenters. The lowest BCUT2D eigenvalue weighted by Gasteiger charge is -2.17. The number of aromatic nitrogens is 1. The Kier molecular flexibility index (Phi) is 11.4. The number of hydrogen-bond acceptors (Lipinski definition) is 6. The van der Waals surface area contributed by atoms with Crippen molar-refractivity contribution in [3.05, 3.63) is 171 Å². The molecule has 248 valence electrons. The van der Waals surface area contributed by atoms with Gasteiger partial charge in [0.05, 0.1) is 5.69 Å². The highest BCUT2D eigenvalue weighted by Gasteiger charge is 2.23. The first-order valence-corrected chi connectivity index (χ1v) is 17.8. The van der Waals surface area contributed by atoms with Crippen LogP contribution in [0.15, 0.2) is 149 Å². The molecule has 6 aromatic rings. The molecule has 7 nitrogen and oxygen atoms in total. The number of anilines is 2. The van der Waals surface area contributed by atoms with Crippen molar-refractivity contribution in [2.24, 2.45) is 0 Å². The first-order chi connectivity index (χ1) is 24.3. The van der Waals surface area contributed by atoms with Crippen molar-refractivity contribution in [1.82, 2.24) is 10.3 Å². The van der Waals surface area contributed by atoms with E-state index in [4.69, 9.17) is 23.2 Å². The molecule has 3 amide bonds. The quantitative estimate of drug-likeness (QED) is 0.0909. The minimum atomic E-state index is -0.583. The molecule has 0 saturated carbocycles. The fraction of sp³-hybridized carbons (Fsp3) is 0.0256. The van der Waals surface area contributed by atoms with E-state index in [9.17, 15) is 14.4 Å². The summed E-state index contributed by atoms with van der Waals surface area (Å²) in [6.45, 7) is 0. The van der Waals surface area contributed by atoms with Crippen molar-refractivity contribution in [2.45, 2.75) is 10.1 Å². The van der Waals surface area contributed by atoms with Gasteiger partial charge in [0, 0.05) is 37.1 Å². The lowest BCUT2D eigenvalue weighted by atomic mass is 10.1. The standard InChI is InChI=1S/C39H28Cl2N4O3S2/c40-29-16-14-26(15-17-29)34-24-49-39(44-34)45-38(48)35(27-9-3-1-4-10-27)50-32-20-18-31(19-21-32)42-37(47)33(23-25-8-7-13-30(41)22-25)43-36(46)28-11-5-2-6-12-28/h1-24,35H,(H,42,47)(H,43,46)(H,44,45,48)/b33-23-. The Labute approximate surface area is 307 Å². The molecule has 11 heteroatoms. The van der Waals surface area contributed by atoms with Crippen LogP contribution in [0.5, 0.6) is 0 Å². The van der Waals surface area contributed by atoms with Crippen molar-refractivity contribution in [3.8, 4) is 11.3 Å². The lowest BCUT2D eigenvalue weighted by Crippen LogP contribution is -2.30. The molecule has 0 aliphatic rings. The second-order valence-corrected chi connectivity index (χ2v) is 13.8. The van der Waals surface area contributed by atoms with E-state index in [0.29, 0.717) is 32.0 Å². The molecule has 1 heterocycles. The van der Waals surface area contributed by atoms with Gasteiger partial charge in [-0.3, -0.25) is 14.4 Å². The summed E-state index contributed by atoms with van der Waals surface area (Å²) < 4.78 is 0. The Morgan fingerprint density at radius 3 is 2.14 bits per heavy atom. The lowest BCUT2D eigenvalue weighted by molar-refractivity contribution is -0.116. The van der Waals surface area contributed by atoms with Crippen LogP contribution < -0.4 is 16.0 Å². The van der Waals surface area contributed by atoms with Crippen molar-refractivity contribution in [1.29, 1.82) is 0 Å². The van der Waals surface area contributed by atoms with Gasteiger partial charge in [0.1, 0.15) is 10.9 Å². The number of nitrogens with zero attached hydrogens (tertiary/aromatic N) is 1. The fourth-order valence-electron chi connectivity index (χ4n) is 4.81. The monoisotopic (exact) mass is 734 g/mol. The zero-order chi connectivity index (χ0) is 34.9. The van der Waals surface area contributed by atoms with E-state index in [2.05, 4.69) is 20.9 Å². The third-order valence-electron chi connectivity index (χ3n) is 7.27. The first-order valence-electron chi connectivity index (χ1n) is 15.3. The second kappa shape index (κ2) is 16.5. The van der Waals surface area contributed by atoms with Gasteiger partial charge in [0.25, 0.3) is 11.8 Å². The van der Waals surface area contributed by atoms with Gasteiger partial charge in [-0.1, -0.05) is 96.0 Å². The SMILES string of the molecule is O=C(Nc1ccc(SC(C(=O)Nc2nc(-c3ccc(Cl)cc3)cs2)c2ccccc2)cc1)/C(=C/c1cccc(Cl)c1)NC(=O)c1ccccc1. The number of nitrogens with one attached hydrogen (secondary N) is 3. The van der Waals surface area contributed by atoms with Crippen LogP contribution in [0, 0.1) is 0 Å². The normalized spacial score (nSPS) is 11.8. The molecule has 0 spiro atoms. The van der Waals surface area contributed by atoms with Gasteiger partial charge in [-0.05, 0) is 77.9 Å². The molecule has 0 aliphatic carbocycles. The molecule has 6 rings (SSSR count). The van der Waals surface area contributed by atoms with Crippen LogP contribution in [-0.2, 0) is 9.59 Å². The molecule has 0 bridgehead atoms. The van der Waals surface area contributed by atoms with E-state index in [-0.39, 0.29) is 11.6 Å². The van der Waals surface area contributed by atoms with E-state index in [0.717, 1.165) is 21.7 Å². The van der Waals surface area contributed by atoms with Crippen molar-refractivity contribution < 1.29 is 14.4 Å². The Balaban J connectivity index is 1.17. The Morgan fingerprint density at radius 2 is 1.44 bits per heavy atom. The van der Waals surface area contributed by atoms with E-state index in [1.807, 2.05) is 66.0 Å². The third-order valence-corrected chi connectivity index (χ3v) is 9.78. The summed E-state index contributed by atoms with van der Waals surface area (Å²) in [6, 6.07) is 39.6. The number of amides is 3. The molecule has 5 aromatic carbocycles. The predicted molar refractivity (Wildman–Crippen MR) is 205 cm³/mol. The van der Waals surface area contributed by atoms with Crippen LogP contribution in [-0.4, -0.2) is 22.7 Å². The number of carbonyl (C=O) groups excluding carboxylic acids is 3. The van der Waals surface area contributed by atoms with Crippen LogP contribution in [0.2, 0.25) is 10.0 Å². The molecule has 1 atom stereocenters. The van der Waals surface area contributed by atoms with Gasteiger partial charge in [0.2, 0.25) is 5.91 Å². The largest absolute Gasteiger partial charge is 0.321 e. The minimum absolute atomic E-state index is 0.0433. The fourth-order valence-corrected chi connectivity index (χ4v) is 6.88. The Bertz CT molecular complexity index is 2140. The summed E-state index contributed by atoms with van der Waals surface area (Å²) in [6.07, 6.45) is 1.57. The zero-order valence-corrected chi connectivity index (χ0v) is 29.3. The molecule has 0 radical (unpaired) electrons. The summed E-state index contributed by atoms with van der Waals surface area (Å²) in [4.78, 5) is 45.6. The van der Waals surface area contributed by atoms with Gasteiger partial charge >= 0.3 is 0 Å². The zero-order valence-electron chi connectivity index (χ0n) is 26.2. The maximum Gasteiger partial charge on any atom is 0.272 e. The topological polar surface area (TPSA) is 100 Å². The minimum Gasteiger partial charge on any atom is -0.321 e. The Morgan fingerprint density at radius 1 is 0.740 bits per heavy atom. The maximum atomic E-state index is 13.7. The number of rotatable bonds is 11. The van der Waals surface area contributed by atoms with Gasteiger partial charge in [-0.25, -0.2) is 4.98 Å². The molecule has 0 fully saturated rings. The molecule has 0 aliphatic heterocycles. The summed E-state index contributed by atoms with van der Waals surface area (Å²) in [5, 5.41) is 11.5. The Hall–Kier alpha value is -5.19. The van der Waals surface area contributed by atoms with E-state index >= 15 is 0 Å². The van der Waals surface area contributed by atoms with Crippen molar-refractivity contribution in [2.75, 3.05) is 10.6 Å². The summed E-state index contributed by atoms with van der Waals surface area (Å²) >= 11 is 14.9. The highest BCUT2D eigenvalue weighted by atomic mass is 35.5. The van der Waals surface area contributed by atoms with E-state index in [1.165, 1.54) is 23.1 Å². The van der Waals surface area contributed by atoms with Crippen LogP contribution >= 0.6 is 46.3 Å². The molecule has 3 N–H and O–H groups in total. The number of thiazole rings is 1. The van der Waals surface area contributed by atoms with Gasteiger partial charge in [0.15, 0.2) is 5.13 Å². The third kappa shape index (κ3) is 9.28. The van der Waals surface area contributed by atoms with Crippen LogP contribution in [0.3, 0.4) is 0 Å².